The number of nitrogens with two attached hydrogens (primary N) is 1. The van der Waals surface area contributed by atoms with E-state index in [2.05, 4.69) is 0 Å². The molecule has 96 valence electrons. The molecular formula is C13H22N2O2. The van der Waals surface area contributed by atoms with Gasteiger partial charge in [-0.15, -0.1) is 0 Å². The van der Waals surface area contributed by atoms with Gasteiger partial charge >= 0.3 is 0 Å². The van der Waals surface area contributed by atoms with Crippen molar-refractivity contribution in [3.8, 4) is 5.75 Å². The molecule has 0 saturated carbocycles. The fourth-order valence-corrected chi connectivity index (χ4v) is 1.58. The summed E-state index contributed by atoms with van der Waals surface area (Å²) in [6, 6.07) is 5.20. The second-order valence-electron chi connectivity index (χ2n) is 5.06. The first-order chi connectivity index (χ1) is 7.79. The van der Waals surface area contributed by atoms with Gasteiger partial charge in [0.15, 0.2) is 0 Å². The smallest absolute Gasteiger partial charge is 0.122 e. The zero-order chi connectivity index (χ0) is 13.2. The van der Waals surface area contributed by atoms with Crippen LogP contribution in [0.25, 0.3) is 0 Å². The Kier molecular flexibility index (Phi) is 4.01. The minimum absolute atomic E-state index is 0.0410. The number of phenolic OH excluding ortho intramolecular Hbond substituents is 1. The standard InChI is InChI=1S/C13H22N2O2/c1-9(14)11-6-5-10(7-12(11)17)15(4)13(2,3)8-16/h5-7,9,16-17H,8,14H2,1-4H3. The Hall–Kier alpha value is -1.26. The Balaban J connectivity index is 3.06. The number of rotatable bonds is 4. The first-order valence-electron chi connectivity index (χ1n) is 5.73. The molecule has 0 spiro atoms. The van der Waals surface area contributed by atoms with Gasteiger partial charge in [-0.1, -0.05) is 6.07 Å². The third-order valence-corrected chi connectivity index (χ3v) is 3.19. The van der Waals surface area contributed by atoms with Gasteiger partial charge in [0.05, 0.1) is 12.1 Å². The molecule has 1 atom stereocenters. The summed E-state index contributed by atoms with van der Waals surface area (Å²) in [6.45, 7) is 5.74. The molecule has 1 aromatic rings. The van der Waals surface area contributed by atoms with E-state index < -0.39 is 0 Å². The van der Waals surface area contributed by atoms with Crippen LogP contribution in [0.1, 0.15) is 32.4 Å². The van der Waals surface area contributed by atoms with E-state index in [-0.39, 0.29) is 23.9 Å². The van der Waals surface area contributed by atoms with Gasteiger partial charge in [-0.25, -0.2) is 0 Å². The van der Waals surface area contributed by atoms with Crippen molar-refractivity contribution in [1.29, 1.82) is 0 Å². The van der Waals surface area contributed by atoms with Crippen molar-refractivity contribution in [2.45, 2.75) is 32.4 Å². The highest BCUT2D eigenvalue weighted by molar-refractivity contribution is 5.55. The van der Waals surface area contributed by atoms with Crippen LogP contribution in [0.5, 0.6) is 5.75 Å². The molecule has 4 N–H and O–H groups in total. The number of hydrogen-bond acceptors (Lipinski definition) is 4. The molecule has 0 fully saturated rings. The minimum atomic E-state index is -0.373. The normalized spacial score (nSPS) is 13.5. The van der Waals surface area contributed by atoms with Crippen molar-refractivity contribution in [2.24, 2.45) is 5.73 Å². The van der Waals surface area contributed by atoms with Gasteiger partial charge in [0.2, 0.25) is 0 Å². The van der Waals surface area contributed by atoms with Crippen LogP contribution in [0.3, 0.4) is 0 Å². The molecule has 0 aliphatic rings. The molecule has 0 heterocycles. The molecule has 4 nitrogen and oxygen atoms in total. The minimum Gasteiger partial charge on any atom is -0.508 e. The number of nitrogens with zero attached hydrogens (tertiary/aromatic N) is 1. The molecule has 0 radical (unpaired) electrons. The van der Waals surface area contributed by atoms with Crippen molar-refractivity contribution < 1.29 is 10.2 Å². The first-order valence-corrected chi connectivity index (χ1v) is 5.73. The number of likely N-dealkylation sites (N-methyl/N-ethyl adjacent to an activating group) is 1. The average Bonchev–Trinajstić information content (AvgIpc) is 2.27. The maximum Gasteiger partial charge on any atom is 0.122 e. The molecule has 17 heavy (non-hydrogen) atoms. The molecule has 1 aromatic carbocycles. The predicted molar refractivity (Wildman–Crippen MR) is 70.3 cm³/mol. The summed E-state index contributed by atoms with van der Waals surface area (Å²) in [5, 5.41) is 19.2. The number of aliphatic hydroxyl groups is 1. The Bertz CT molecular complexity index is 389. The highest BCUT2D eigenvalue weighted by atomic mass is 16.3. The van der Waals surface area contributed by atoms with Crippen molar-refractivity contribution in [3.05, 3.63) is 23.8 Å². The predicted octanol–water partition coefficient (Wildman–Crippen LogP) is 1.62. The lowest BCUT2D eigenvalue weighted by molar-refractivity contribution is 0.216. The monoisotopic (exact) mass is 238 g/mol. The first kappa shape index (κ1) is 13.8. The Morgan fingerprint density at radius 1 is 1.41 bits per heavy atom. The molecule has 0 bridgehead atoms. The van der Waals surface area contributed by atoms with Crippen LogP contribution in [0, 0.1) is 0 Å². The fourth-order valence-electron chi connectivity index (χ4n) is 1.58. The summed E-state index contributed by atoms with van der Waals surface area (Å²) in [5.74, 6) is 0.193. The van der Waals surface area contributed by atoms with Gasteiger partial charge < -0.3 is 20.8 Å². The lowest BCUT2D eigenvalue weighted by Crippen LogP contribution is -2.44. The molecule has 0 amide bonds. The molecule has 0 saturated heterocycles. The van der Waals surface area contributed by atoms with Gasteiger partial charge in [-0.05, 0) is 26.8 Å². The summed E-state index contributed by atoms with van der Waals surface area (Å²) < 4.78 is 0. The average molecular weight is 238 g/mol. The van der Waals surface area contributed by atoms with Gasteiger partial charge in [-0.3, -0.25) is 0 Å². The lowest BCUT2D eigenvalue weighted by Gasteiger charge is -2.36. The van der Waals surface area contributed by atoms with Crippen LogP contribution in [-0.2, 0) is 0 Å². The number of benzene rings is 1. The van der Waals surface area contributed by atoms with E-state index in [4.69, 9.17) is 5.73 Å². The van der Waals surface area contributed by atoms with E-state index in [1.54, 1.807) is 6.07 Å². The van der Waals surface area contributed by atoms with Crippen molar-refractivity contribution >= 4 is 5.69 Å². The fraction of sp³-hybridized carbons (Fsp3) is 0.538. The molecule has 4 heteroatoms. The Labute approximate surface area is 103 Å². The van der Waals surface area contributed by atoms with Crippen LogP contribution < -0.4 is 10.6 Å². The molecule has 1 unspecified atom stereocenters. The quantitative estimate of drug-likeness (QED) is 0.745. The van der Waals surface area contributed by atoms with E-state index in [9.17, 15) is 10.2 Å². The van der Waals surface area contributed by atoms with E-state index in [1.165, 1.54) is 0 Å². The summed E-state index contributed by atoms with van der Waals surface area (Å²) in [7, 11) is 1.89. The number of aliphatic hydroxyl groups excluding tert-OH is 1. The van der Waals surface area contributed by atoms with E-state index in [0.29, 0.717) is 0 Å². The summed E-state index contributed by atoms with van der Waals surface area (Å²) in [6.07, 6.45) is 0. The van der Waals surface area contributed by atoms with E-state index >= 15 is 0 Å². The topological polar surface area (TPSA) is 69.7 Å². The molecule has 0 aliphatic heterocycles. The van der Waals surface area contributed by atoms with Gasteiger partial charge in [-0.2, -0.15) is 0 Å². The Morgan fingerprint density at radius 3 is 2.41 bits per heavy atom. The molecular weight excluding hydrogens is 216 g/mol. The number of hydrogen-bond donors (Lipinski definition) is 3. The van der Waals surface area contributed by atoms with Crippen LogP contribution in [0.15, 0.2) is 18.2 Å². The number of aromatic hydroxyl groups is 1. The highest BCUT2D eigenvalue weighted by Crippen LogP contribution is 2.30. The zero-order valence-electron chi connectivity index (χ0n) is 10.9. The molecule has 0 aromatic heterocycles. The Morgan fingerprint density at radius 2 is 2.00 bits per heavy atom. The second-order valence-corrected chi connectivity index (χ2v) is 5.06. The maximum absolute atomic E-state index is 9.88. The summed E-state index contributed by atoms with van der Waals surface area (Å²) >= 11 is 0. The SMILES string of the molecule is CC(N)c1ccc(N(C)C(C)(C)CO)cc1O. The van der Waals surface area contributed by atoms with Crippen LogP contribution in [0.4, 0.5) is 5.69 Å². The van der Waals surface area contributed by atoms with E-state index in [0.717, 1.165) is 11.3 Å². The second kappa shape index (κ2) is 4.94. The summed E-state index contributed by atoms with van der Waals surface area (Å²) in [5.41, 5.74) is 6.94. The largest absolute Gasteiger partial charge is 0.508 e. The van der Waals surface area contributed by atoms with Gasteiger partial charge in [0.1, 0.15) is 5.75 Å². The molecule has 1 rings (SSSR count). The number of anilines is 1. The lowest BCUT2D eigenvalue weighted by atomic mass is 10.0. The third-order valence-electron chi connectivity index (χ3n) is 3.19. The highest BCUT2D eigenvalue weighted by Gasteiger charge is 2.23. The van der Waals surface area contributed by atoms with Crippen LogP contribution >= 0.6 is 0 Å². The van der Waals surface area contributed by atoms with Gasteiger partial charge in [0, 0.05) is 30.4 Å². The summed E-state index contributed by atoms with van der Waals surface area (Å²) in [4.78, 5) is 1.93. The van der Waals surface area contributed by atoms with Crippen molar-refractivity contribution in [2.75, 3.05) is 18.6 Å². The van der Waals surface area contributed by atoms with Gasteiger partial charge in [0.25, 0.3) is 0 Å². The van der Waals surface area contributed by atoms with E-state index in [1.807, 2.05) is 44.9 Å². The zero-order valence-corrected chi connectivity index (χ0v) is 10.9. The van der Waals surface area contributed by atoms with Crippen LogP contribution in [0.2, 0.25) is 0 Å². The van der Waals surface area contributed by atoms with Crippen molar-refractivity contribution in [3.63, 3.8) is 0 Å². The number of phenols is 1. The van der Waals surface area contributed by atoms with Crippen LogP contribution in [-0.4, -0.2) is 29.4 Å². The maximum atomic E-state index is 9.88. The molecule has 0 aliphatic carbocycles. The van der Waals surface area contributed by atoms with Crippen molar-refractivity contribution in [1.82, 2.24) is 0 Å². The third kappa shape index (κ3) is 2.90.